The minimum Gasteiger partial charge on any atom is -0.398 e. The predicted molar refractivity (Wildman–Crippen MR) is 72.2 cm³/mol. The van der Waals surface area contributed by atoms with Crippen molar-refractivity contribution in [2.24, 2.45) is 0 Å². The molecule has 1 aromatic carbocycles. The molecule has 0 saturated carbocycles. The first kappa shape index (κ1) is 14.8. The molecule has 0 fully saturated rings. The molecule has 0 bridgehead atoms. The summed E-state index contributed by atoms with van der Waals surface area (Å²) < 4.78 is 0. The molecule has 0 radical (unpaired) electrons. The lowest BCUT2D eigenvalue weighted by molar-refractivity contribution is 0.0762. The fourth-order valence-corrected chi connectivity index (χ4v) is 1.78. The SMILES string of the molecule is N#CCCN(CCC#N)C(=O)c1cccc(N)c1Cl. The van der Waals surface area contributed by atoms with Crippen molar-refractivity contribution in [3.05, 3.63) is 28.8 Å². The third-order valence-corrected chi connectivity index (χ3v) is 2.96. The van der Waals surface area contributed by atoms with Gasteiger partial charge in [0.15, 0.2) is 0 Å². The maximum atomic E-state index is 12.3. The van der Waals surface area contributed by atoms with Crippen LogP contribution in [0.25, 0.3) is 0 Å². The van der Waals surface area contributed by atoms with Gasteiger partial charge in [-0.25, -0.2) is 0 Å². The number of amides is 1. The first-order chi connectivity index (χ1) is 9.11. The van der Waals surface area contributed by atoms with Crippen molar-refractivity contribution in [3.8, 4) is 12.1 Å². The fourth-order valence-electron chi connectivity index (χ4n) is 1.57. The monoisotopic (exact) mass is 276 g/mol. The number of hydrogen-bond donors (Lipinski definition) is 1. The highest BCUT2D eigenvalue weighted by atomic mass is 35.5. The van der Waals surface area contributed by atoms with Crippen molar-refractivity contribution < 1.29 is 4.79 Å². The molecule has 0 aliphatic rings. The van der Waals surface area contributed by atoms with Crippen LogP contribution in [0.5, 0.6) is 0 Å². The van der Waals surface area contributed by atoms with E-state index in [1.165, 1.54) is 4.90 Å². The highest BCUT2D eigenvalue weighted by Gasteiger charge is 2.18. The van der Waals surface area contributed by atoms with Crippen LogP contribution in [0.2, 0.25) is 5.02 Å². The number of halogens is 1. The number of hydrogen-bond acceptors (Lipinski definition) is 4. The van der Waals surface area contributed by atoms with Crippen LogP contribution in [-0.2, 0) is 0 Å². The number of carbonyl (C=O) groups excluding carboxylic acids is 1. The molecule has 0 unspecified atom stereocenters. The van der Waals surface area contributed by atoms with Gasteiger partial charge in [0.05, 0.1) is 41.3 Å². The zero-order valence-corrected chi connectivity index (χ0v) is 11.0. The molecule has 1 rings (SSSR count). The van der Waals surface area contributed by atoms with Crippen LogP contribution in [0.4, 0.5) is 5.69 Å². The average molecular weight is 277 g/mol. The highest BCUT2D eigenvalue weighted by Crippen LogP contribution is 2.24. The van der Waals surface area contributed by atoms with E-state index in [0.29, 0.717) is 5.69 Å². The van der Waals surface area contributed by atoms with Crippen LogP contribution in [0.3, 0.4) is 0 Å². The Hall–Kier alpha value is -2.24. The second-order valence-electron chi connectivity index (χ2n) is 3.82. The average Bonchev–Trinajstić information content (AvgIpc) is 2.41. The Morgan fingerprint density at radius 2 is 1.84 bits per heavy atom. The molecule has 0 saturated heterocycles. The van der Waals surface area contributed by atoms with E-state index < -0.39 is 0 Å². The van der Waals surface area contributed by atoms with Crippen molar-refractivity contribution in [1.29, 1.82) is 10.5 Å². The number of anilines is 1. The lowest BCUT2D eigenvalue weighted by Crippen LogP contribution is -2.33. The minimum absolute atomic E-state index is 0.200. The Morgan fingerprint density at radius 3 is 2.37 bits per heavy atom. The van der Waals surface area contributed by atoms with Gasteiger partial charge in [-0.15, -0.1) is 0 Å². The topological polar surface area (TPSA) is 93.9 Å². The second kappa shape index (κ2) is 7.25. The van der Waals surface area contributed by atoms with E-state index in [-0.39, 0.29) is 42.4 Å². The molecule has 2 N–H and O–H groups in total. The summed E-state index contributed by atoms with van der Waals surface area (Å²) in [5.74, 6) is -0.317. The smallest absolute Gasteiger partial charge is 0.255 e. The van der Waals surface area contributed by atoms with Gasteiger partial charge in [-0.3, -0.25) is 4.79 Å². The van der Waals surface area contributed by atoms with Crippen molar-refractivity contribution in [1.82, 2.24) is 4.90 Å². The summed E-state index contributed by atoms with van der Waals surface area (Å²) in [4.78, 5) is 13.7. The van der Waals surface area contributed by atoms with Gasteiger partial charge in [0, 0.05) is 13.1 Å². The summed E-state index contributed by atoms with van der Waals surface area (Å²) in [6.07, 6.45) is 0.411. The van der Waals surface area contributed by atoms with Gasteiger partial charge < -0.3 is 10.6 Å². The standard InChI is InChI=1S/C13H13ClN4O/c14-12-10(4-1-5-11(12)17)13(19)18(8-2-6-15)9-3-7-16/h1,4-5H,2-3,8-9,17H2. The summed E-state index contributed by atoms with van der Waals surface area (Å²) in [5, 5.41) is 17.4. The third kappa shape index (κ3) is 3.87. The van der Waals surface area contributed by atoms with Gasteiger partial charge >= 0.3 is 0 Å². The van der Waals surface area contributed by atoms with Crippen LogP contribution >= 0.6 is 11.6 Å². The number of benzene rings is 1. The van der Waals surface area contributed by atoms with Crippen molar-refractivity contribution in [2.45, 2.75) is 12.8 Å². The first-order valence-electron chi connectivity index (χ1n) is 5.69. The van der Waals surface area contributed by atoms with E-state index >= 15 is 0 Å². The molecular formula is C13H13ClN4O. The Morgan fingerprint density at radius 1 is 1.26 bits per heavy atom. The molecule has 6 heteroatoms. The number of carbonyl (C=O) groups is 1. The quantitative estimate of drug-likeness (QED) is 0.834. The Labute approximate surface area is 116 Å². The molecule has 0 atom stereocenters. The molecular weight excluding hydrogens is 264 g/mol. The third-order valence-electron chi connectivity index (χ3n) is 2.53. The molecule has 5 nitrogen and oxygen atoms in total. The maximum absolute atomic E-state index is 12.3. The number of rotatable bonds is 5. The zero-order valence-electron chi connectivity index (χ0n) is 10.3. The summed E-state index contributed by atoms with van der Waals surface area (Å²) in [7, 11) is 0. The predicted octanol–water partition coefficient (Wildman–Crippen LogP) is 2.19. The molecule has 0 heterocycles. The molecule has 0 aromatic heterocycles. The van der Waals surface area contributed by atoms with E-state index in [1.54, 1.807) is 18.2 Å². The number of nitrogens with two attached hydrogens (primary N) is 1. The van der Waals surface area contributed by atoms with E-state index in [4.69, 9.17) is 27.9 Å². The number of nitrogens with zero attached hydrogens (tertiary/aromatic N) is 3. The summed E-state index contributed by atoms with van der Waals surface area (Å²) in [6, 6.07) is 8.77. The largest absolute Gasteiger partial charge is 0.398 e. The molecule has 19 heavy (non-hydrogen) atoms. The van der Waals surface area contributed by atoms with Gasteiger partial charge in [-0.1, -0.05) is 17.7 Å². The first-order valence-corrected chi connectivity index (χ1v) is 6.06. The lowest BCUT2D eigenvalue weighted by atomic mass is 10.1. The fraction of sp³-hybridized carbons (Fsp3) is 0.308. The van der Waals surface area contributed by atoms with E-state index in [2.05, 4.69) is 0 Å². The van der Waals surface area contributed by atoms with Gasteiger partial charge in [0.1, 0.15) is 0 Å². The van der Waals surface area contributed by atoms with E-state index in [9.17, 15) is 4.79 Å². The Balaban J connectivity index is 2.95. The van der Waals surface area contributed by atoms with Crippen molar-refractivity contribution >= 4 is 23.2 Å². The molecule has 1 aromatic rings. The van der Waals surface area contributed by atoms with Crippen LogP contribution in [0.15, 0.2) is 18.2 Å². The molecule has 0 spiro atoms. The molecule has 98 valence electrons. The van der Waals surface area contributed by atoms with Crippen LogP contribution in [0, 0.1) is 22.7 Å². The Kier molecular flexibility index (Phi) is 5.66. The van der Waals surface area contributed by atoms with Crippen molar-refractivity contribution in [3.63, 3.8) is 0 Å². The van der Waals surface area contributed by atoms with Crippen molar-refractivity contribution in [2.75, 3.05) is 18.8 Å². The highest BCUT2D eigenvalue weighted by molar-refractivity contribution is 6.36. The minimum atomic E-state index is -0.317. The molecule has 1 amide bonds. The van der Waals surface area contributed by atoms with Crippen LogP contribution in [-0.4, -0.2) is 23.9 Å². The van der Waals surface area contributed by atoms with Crippen LogP contribution < -0.4 is 5.73 Å². The van der Waals surface area contributed by atoms with Gasteiger partial charge in [-0.2, -0.15) is 10.5 Å². The molecule has 0 aliphatic heterocycles. The number of nitrogen functional groups attached to an aromatic ring is 1. The lowest BCUT2D eigenvalue weighted by Gasteiger charge is -2.21. The van der Waals surface area contributed by atoms with E-state index in [0.717, 1.165) is 0 Å². The summed E-state index contributed by atoms with van der Waals surface area (Å²) in [6.45, 7) is 0.532. The Bertz CT molecular complexity index is 527. The summed E-state index contributed by atoms with van der Waals surface area (Å²) >= 11 is 6.00. The summed E-state index contributed by atoms with van der Waals surface area (Å²) in [5.41, 5.74) is 6.27. The van der Waals surface area contributed by atoms with Gasteiger partial charge in [0.2, 0.25) is 0 Å². The zero-order chi connectivity index (χ0) is 14.3. The van der Waals surface area contributed by atoms with Crippen LogP contribution in [0.1, 0.15) is 23.2 Å². The second-order valence-corrected chi connectivity index (χ2v) is 4.20. The van der Waals surface area contributed by atoms with Gasteiger partial charge in [0.25, 0.3) is 5.91 Å². The molecule has 0 aliphatic carbocycles. The van der Waals surface area contributed by atoms with E-state index in [1.807, 2.05) is 12.1 Å². The normalized spacial score (nSPS) is 9.42. The maximum Gasteiger partial charge on any atom is 0.255 e. The van der Waals surface area contributed by atoms with Gasteiger partial charge in [-0.05, 0) is 12.1 Å². The number of nitriles is 2.